The lowest BCUT2D eigenvalue weighted by molar-refractivity contribution is 0.934. The topological polar surface area (TPSA) is 39.3 Å². The highest BCUT2D eigenvalue weighted by atomic mass is 16.1. The predicted molar refractivity (Wildman–Crippen MR) is 95.8 cm³/mol. The van der Waals surface area contributed by atoms with Gasteiger partial charge in [0.25, 0.3) is 5.56 Å². The first-order valence-electron chi connectivity index (χ1n) is 7.81. The highest BCUT2D eigenvalue weighted by Gasteiger charge is 2.16. The number of nitrogens with zero attached hydrogens (tertiary/aromatic N) is 3. The Hall–Kier alpha value is -3.40. The molecule has 0 saturated heterocycles. The molecule has 0 fully saturated rings. The van der Waals surface area contributed by atoms with Gasteiger partial charge in [0.05, 0.1) is 22.1 Å². The summed E-state index contributed by atoms with van der Waals surface area (Å²) in [4.78, 5) is 13.2. The second-order valence-electron chi connectivity index (χ2n) is 5.75. The average molecular weight is 311 g/mol. The van der Waals surface area contributed by atoms with E-state index in [1.165, 1.54) is 0 Å². The molecule has 5 rings (SSSR count). The number of fused-ring (bicyclic) bond motifs is 5. The van der Waals surface area contributed by atoms with Crippen molar-refractivity contribution in [2.45, 2.75) is 0 Å². The van der Waals surface area contributed by atoms with Crippen molar-refractivity contribution in [1.29, 1.82) is 0 Å². The largest absolute Gasteiger partial charge is 0.268 e. The third kappa shape index (κ3) is 1.68. The summed E-state index contributed by atoms with van der Waals surface area (Å²) in [5.41, 5.74) is 3.29. The van der Waals surface area contributed by atoms with E-state index < -0.39 is 0 Å². The van der Waals surface area contributed by atoms with Crippen molar-refractivity contribution in [1.82, 2.24) is 14.2 Å². The average Bonchev–Trinajstić information content (AvgIpc) is 3.03. The molecular formula is C20H13N3O. The monoisotopic (exact) mass is 311 g/mol. The minimum absolute atomic E-state index is 0.0325. The molecule has 0 aliphatic carbocycles. The van der Waals surface area contributed by atoms with E-state index >= 15 is 0 Å². The van der Waals surface area contributed by atoms with Gasteiger partial charge in [-0.3, -0.25) is 9.36 Å². The first-order valence-corrected chi connectivity index (χ1v) is 7.81. The molecule has 0 amide bonds. The Balaban J connectivity index is 2.14. The molecule has 2 aromatic heterocycles. The maximum Gasteiger partial charge on any atom is 0.266 e. The quantitative estimate of drug-likeness (QED) is 0.472. The first-order chi connectivity index (χ1) is 11.8. The molecule has 0 atom stereocenters. The van der Waals surface area contributed by atoms with Gasteiger partial charge in [-0.2, -0.15) is 5.10 Å². The van der Waals surface area contributed by atoms with E-state index in [2.05, 4.69) is 0 Å². The van der Waals surface area contributed by atoms with Crippen LogP contribution in [-0.4, -0.2) is 14.2 Å². The van der Waals surface area contributed by atoms with Crippen LogP contribution in [0.5, 0.6) is 0 Å². The Labute approximate surface area is 137 Å². The Morgan fingerprint density at radius 3 is 2.21 bits per heavy atom. The first kappa shape index (κ1) is 13.1. The van der Waals surface area contributed by atoms with Gasteiger partial charge in [-0.05, 0) is 36.4 Å². The summed E-state index contributed by atoms with van der Waals surface area (Å²) in [5.74, 6) is 0. The van der Waals surface area contributed by atoms with Gasteiger partial charge < -0.3 is 0 Å². The van der Waals surface area contributed by atoms with Crippen LogP contribution in [0.3, 0.4) is 0 Å². The van der Waals surface area contributed by atoms with Crippen LogP contribution in [0, 0.1) is 0 Å². The van der Waals surface area contributed by atoms with Crippen molar-refractivity contribution in [3.8, 4) is 5.69 Å². The second kappa shape index (κ2) is 4.80. The fraction of sp³-hybridized carbons (Fsp3) is 0. The number of hydrogen-bond acceptors (Lipinski definition) is 2. The van der Waals surface area contributed by atoms with Crippen molar-refractivity contribution < 1.29 is 0 Å². The van der Waals surface area contributed by atoms with Gasteiger partial charge in [-0.15, -0.1) is 0 Å². The third-order valence-electron chi connectivity index (χ3n) is 4.35. The maximum absolute atomic E-state index is 13.2. The molecule has 2 heterocycles. The third-order valence-corrected chi connectivity index (χ3v) is 4.35. The highest BCUT2D eigenvalue weighted by molar-refractivity contribution is 5.96. The molecule has 0 spiro atoms. The van der Waals surface area contributed by atoms with Crippen molar-refractivity contribution in [3.05, 3.63) is 89.2 Å². The minimum atomic E-state index is -0.0325. The van der Waals surface area contributed by atoms with Crippen molar-refractivity contribution in [2.24, 2.45) is 0 Å². The number of para-hydroxylation sites is 2. The summed E-state index contributed by atoms with van der Waals surface area (Å²) < 4.78 is 3.62. The van der Waals surface area contributed by atoms with Crippen LogP contribution < -0.4 is 5.56 Å². The number of aromatic nitrogens is 3. The molecule has 24 heavy (non-hydrogen) atoms. The van der Waals surface area contributed by atoms with Gasteiger partial charge in [0.1, 0.15) is 0 Å². The van der Waals surface area contributed by atoms with E-state index in [1.807, 2.05) is 83.4 Å². The normalized spacial score (nSPS) is 11.5. The molecule has 0 saturated carbocycles. The zero-order chi connectivity index (χ0) is 16.1. The van der Waals surface area contributed by atoms with E-state index in [0.29, 0.717) is 5.39 Å². The molecular weight excluding hydrogens is 298 g/mol. The van der Waals surface area contributed by atoms with Crippen LogP contribution in [0.4, 0.5) is 0 Å². The van der Waals surface area contributed by atoms with Crippen molar-refractivity contribution in [3.63, 3.8) is 0 Å². The van der Waals surface area contributed by atoms with Gasteiger partial charge >= 0.3 is 0 Å². The Morgan fingerprint density at radius 1 is 0.708 bits per heavy atom. The number of rotatable bonds is 1. The van der Waals surface area contributed by atoms with Crippen LogP contribution in [0.25, 0.3) is 33.1 Å². The van der Waals surface area contributed by atoms with Crippen LogP contribution in [0.1, 0.15) is 0 Å². The van der Waals surface area contributed by atoms with Crippen molar-refractivity contribution >= 4 is 27.5 Å². The Morgan fingerprint density at radius 2 is 1.38 bits per heavy atom. The van der Waals surface area contributed by atoms with E-state index in [9.17, 15) is 4.79 Å². The summed E-state index contributed by atoms with van der Waals surface area (Å²) in [6.07, 6.45) is 0. The summed E-state index contributed by atoms with van der Waals surface area (Å²) in [6, 6.07) is 25.2. The molecule has 4 heteroatoms. The number of hydrogen-bond donors (Lipinski definition) is 0. The summed E-state index contributed by atoms with van der Waals surface area (Å²) in [6.45, 7) is 0. The van der Waals surface area contributed by atoms with E-state index in [1.54, 1.807) is 4.57 Å². The van der Waals surface area contributed by atoms with Crippen LogP contribution in [0.15, 0.2) is 83.7 Å². The van der Waals surface area contributed by atoms with E-state index in [0.717, 1.165) is 27.8 Å². The lowest BCUT2D eigenvalue weighted by Gasteiger charge is -2.11. The molecule has 0 radical (unpaired) electrons. The SMILES string of the molecule is O=c1c2ccccc2n2nc3ccccc3c2n1-c1ccccc1. The summed E-state index contributed by atoms with van der Waals surface area (Å²) in [5, 5.41) is 6.34. The van der Waals surface area contributed by atoms with Crippen LogP contribution >= 0.6 is 0 Å². The molecule has 3 aromatic carbocycles. The van der Waals surface area contributed by atoms with Crippen molar-refractivity contribution in [2.75, 3.05) is 0 Å². The van der Waals surface area contributed by atoms with Gasteiger partial charge in [0, 0.05) is 5.39 Å². The predicted octanol–water partition coefficient (Wildman–Crippen LogP) is 3.79. The highest BCUT2D eigenvalue weighted by Crippen LogP contribution is 2.24. The fourth-order valence-electron chi connectivity index (χ4n) is 3.27. The standard InChI is InChI=1S/C20H13N3O/c24-20-16-11-5-7-13-18(16)23-19(15-10-4-6-12-17(15)21-23)22(20)14-8-2-1-3-9-14/h1-13H. The fourth-order valence-corrected chi connectivity index (χ4v) is 3.27. The Kier molecular flexibility index (Phi) is 2.61. The van der Waals surface area contributed by atoms with E-state index in [4.69, 9.17) is 5.10 Å². The molecule has 0 N–H and O–H groups in total. The van der Waals surface area contributed by atoms with Crippen LogP contribution in [0.2, 0.25) is 0 Å². The lowest BCUT2D eigenvalue weighted by atomic mass is 10.2. The number of benzene rings is 3. The summed E-state index contributed by atoms with van der Waals surface area (Å²) >= 11 is 0. The molecule has 5 aromatic rings. The molecule has 0 unspecified atom stereocenters. The summed E-state index contributed by atoms with van der Waals surface area (Å²) in [7, 11) is 0. The molecule has 0 aliphatic heterocycles. The van der Waals surface area contributed by atoms with Crippen LogP contribution in [-0.2, 0) is 0 Å². The minimum Gasteiger partial charge on any atom is -0.268 e. The smallest absolute Gasteiger partial charge is 0.266 e. The van der Waals surface area contributed by atoms with Gasteiger partial charge in [-0.25, -0.2) is 4.52 Å². The second-order valence-corrected chi connectivity index (χ2v) is 5.75. The maximum atomic E-state index is 13.2. The molecule has 0 bridgehead atoms. The van der Waals surface area contributed by atoms with Gasteiger partial charge in [0.15, 0.2) is 5.65 Å². The lowest BCUT2D eigenvalue weighted by Crippen LogP contribution is -2.21. The molecule has 4 nitrogen and oxygen atoms in total. The van der Waals surface area contributed by atoms with E-state index in [-0.39, 0.29) is 5.56 Å². The Bertz CT molecular complexity index is 1270. The molecule has 114 valence electrons. The zero-order valence-corrected chi connectivity index (χ0v) is 12.8. The molecule has 0 aliphatic rings. The van der Waals surface area contributed by atoms with Gasteiger partial charge in [-0.1, -0.05) is 42.5 Å². The zero-order valence-electron chi connectivity index (χ0n) is 12.8. The van der Waals surface area contributed by atoms with Gasteiger partial charge in [0.2, 0.25) is 0 Å².